The molecule has 1 aliphatic heterocycles. The van der Waals surface area contributed by atoms with Crippen molar-refractivity contribution in [3.8, 4) is 5.75 Å². The van der Waals surface area contributed by atoms with Crippen LogP contribution in [0.3, 0.4) is 0 Å². The lowest BCUT2D eigenvalue weighted by Gasteiger charge is -2.25. The molecular weight excluding hydrogens is 568 g/mol. The fourth-order valence-electron chi connectivity index (χ4n) is 5.39. The first-order chi connectivity index (χ1) is 21.8. The zero-order chi connectivity index (χ0) is 32.3. The van der Waals surface area contributed by atoms with Crippen LogP contribution in [-0.4, -0.2) is 53.4 Å². The van der Waals surface area contributed by atoms with Crippen LogP contribution in [0.15, 0.2) is 66.7 Å². The summed E-state index contributed by atoms with van der Waals surface area (Å²) in [5.74, 6) is -1.03. The Labute approximate surface area is 267 Å². The fourth-order valence-corrected chi connectivity index (χ4v) is 5.39. The van der Waals surface area contributed by atoms with Crippen LogP contribution in [0.25, 0.3) is 0 Å². The number of benzene rings is 2. The molecule has 0 radical (unpaired) electrons. The molecule has 1 aliphatic rings. The molecule has 2 aromatic carbocycles. The molecule has 0 saturated heterocycles. The molecule has 1 heterocycles. The van der Waals surface area contributed by atoms with Gasteiger partial charge in [0.25, 0.3) is 0 Å². The minimum absolute atomic E-state index is 0.138. The van der Waals surface area contributed by atoms with Gasteiger partial charge in [0.1, 0.15) is 17.8 Å². The molecule has 3 rings (SSSR count). The van der Waals surface area contributed by atoms with E-state index >= 15 is 0 Å². The van der Waals surface area contributed by atoms with E-state index in [-0.39, 0.29) is 23.5 Å². The smallest absolute Gasteiger partial charge is 0.243 e. The fraction of sp³-hybridized carbons (Fsp3) is 0.500. The molecule has 0 fully saturated rings. The summed E-state index contributed by atoms with van der Waals surface area (Å²) in [5, 5.41) is 21.4. The maximum atomic E-state index is 13.7. The van der Waals surface area contributed by atoms with Crippen LogP contribution in [0.5, 0.6) is 5.75 Å². The van der Waals surface area contributed by atoms with E-state index in [0.717, 1.165) is 30.4 Å². The third-order valence-electron chi connectivity index (χ3n) is 7.99. The summed E-state index contributed by atoms with van der Waals surface area (Å²) in [4.78, 5) is 52.5. The SMILES string of the molecule is CCCCCCCCCC(=O)N[C@@H](Cc1ccccc1)C(=O)N[C@H]1CCCCNC(=O)/C=C/[C@H](Cc2ccc(O)cc2)NC1=O. The Morgan fingerprint density at radius 1 is 0.911 bits per heavy atom. The molecule has 0 bridgehead atoms. The summed E-state index contributed by atoms with van der Waals surface area (Å²) in [7, 11) is 0. The minimum atomic E-state index is -0.828. The van der Waals surface area contributed by atoms with Crippen molar-refractivity contribution in [2.75, 3.05) is 6.54 Å². The van der Waals surface area contributed by atoms with E-state index in [1.54, 1.807) is 30.3 Å². The molecule has 0 saturated carbocycles. The topological polar surface area (TPSA) is 137 Å². The Bertz CT molecular complexity index is 1230. The number of phenols is 1. The van der Waals surface area contributed by atoms with Gasteiger partial charge in [0, 0.05) is 25.5 Å². The average Bonchev–Trinajstić information content (AvgIpc) is 3.03. The number of hydrogen-bond acceptors (Lipinski definition) is 5. The van der Waals surface area contributed by atoms with E-state index in [2.05, 4.69) is 28.2 Å². The summed E-state index contributed by atoms with van der Waals surface area (Å²) in [6.45, 7) is 2.65. The highest BCUT2D eigenvalue weighted by Gasteiger charge is 2.28. The predicted octanol–water partition coefficient (Wildman–Crippen LogP) is 4.63. The Hall–Kier alpha value is -4.14. The molecule has 5 N–H and O–H groups in total. The maximum Gasteiger partial charge on any atom is 0.243 e. The van der Waals surface area contributed by atoms with Gasteiger partial charge in [0.05, 0.1) is 6.04 Å². The molecule has 4 amide bonds. The van der Waals surface area contributed by atoms with Crippen LogP contribution < -0.4 is 21.3 Å². The summed E-state index contributed by atoms with van der Waals surface area (Å²) >= 11 is 0. The predicted molar refractivity (Wildman–Crippen MR) is 176 cm³/mol. The van der Waals surface area contributed by atoms with E-state index in [1.165, 1.54) is 31.8 Å². The van der Waals surface area contributed by atoms with Crippen LogP contribution in [0.1, 0.15) is 88.7 Å². The highest BCUT2D eigenvalue weighted by molar-refractivity contribution is 5.92. The summed E-state index contributed by atoms with van der Waals surface area (Å²) in [5.41, 5.74) is 1.77. The van der Waals surface area contributed by atoms with E-state index in [9.17, 15) is 24.3 Å². The van der Waals surface area contributed by atoms with Crippen molar-refractivity contribution in [3.63, 3.8) is 0 Å². The number of carbonyl (C=O) groups excluding carboxylic acids is 4. The normalized spacial score (nSPS) is 18.8. The van der Waals surface area contributed by atoms with Gasteiger partial charge in [-0.3, -0.25) is 19.2 Å². The van der Waals surface area contributed by atoms with Crippen molar-refractivity contribution in [1.82, 2.24) is 21.3 Å². The van der Waals surface area contributed by atoms with Crippen molar-refractivity contribution in [1.29, 1.82) is 0 Å². The standard InChI is InChI=1S/C36H50N4O5/c1-2-3-4-5-6-7-11-17-34(43)39-32(26-27-14-9-8-10-15-27)36(45)40-31-16-12-13-24-37-33(42)23-20-29(38-35(31)44)25-28-18-21-30(41)22-19-28/h8-10,14-15,18-23,29,31-32,41H,2-7,11-13,16-17,24-26H2,1H3,(H,37,42)(H,38,44)(H,39,43)(H,40,45)/b23-20+/t29-,31+,32+/m1/s1. The molecule has 0 aromatic heterocycles. The summed E-state index contributed by atoms with van der Waals surface area (Å²) in [6, 6.07) is 14.0. The van der Waals surface area contributed by atoms with E-state index in [1.807, 2.05) is 30.3 Å². The first-order valence-corrected chi connectivity index (χ1v) is 16.5. The quantitative estimate of drug-likeness (QED) is 0.186. The second-order valence-corrected chi connectivity index (χ2v) is 11.9. The van der Waals surface area contributed by atoms with Crippen LogP contribution in [-0.2, 0) is 32.0 Å². The van der Waals surface area contributed by atoms with Crippen molar-refractivity contribution in [3.05, 3.63) is 77.9 Å². The van der Waals surface area contributed by atoms with Crippen LogP contribution in [0.2, 0.25) is 0 Å². The Balaban J connectivity index is 1.68. The number of rotatable bonds is 15. The van der Waals surface area contributed by atoms with Crippen molar-refractivity contribution in [2.24, 2.45) is 0 Å². The molecule has 2 aromatic rings. The number of aromatic hydroxyl groups is 1. The largest absolute Gasteiger partial charge is 0.508 e. The van der Waals surface area contributed by atoms with E-state index in [4.69, 9.17) is 0 Å². The van der Waals surface area contributed by atoms with Gasteiger partial charge in [0.15, 0.2) is 0 Å². The summed E-state index contributed by atoms with van der Waals surface area (Å²) < 4.78 is 0. The van der Waals surface area contributed by atoms with Crippen molar-refractivity contribution >= 4 is 23.6 Å². The van der Waals surface area contributed by atoms with Gasteiger partial charge in [-0.15, -0.1) is 0 Å². The Morgan fingerprint density at radius 3 is 2.36 bits per heavy atom. The lowest BCUT2D eigenvalue weighted by atomic mass is 10.0. The molecule has 9 nitrogen and oxygen atoms in total. The zero-order valence-corrected chi connectivity index (χ0v) is 26.6. The molecule has 0 unspecified atom stereocenters. The number of phenolic OH excluding ortho intramolecular Hbond substituents is 1. The Kier molecular flexibility index (Phi) is 15.7. The molecule has 9 heteroatoms. The first-order valence-electron chi connectivity index (χ1n) is 16.5. The molecule has 0 spiro atoms. The van der Waals surface area contributed by atoms with Gasteiger partial charge in [-0.05, 0) is 55.4 Å². The second-order valence-electron chi connectivity index (χ2n) is 11.9. The maximum absolute atomic E-state index is 13.7. The lowest BCUT2D eigenvalue weighted by molar-refractivity contribution is -0.132. The first kappa shape index (κ1) is 35.3. The second kappa shape index (κ2) is 20.0. The third-order valence-corrected chi connectivity index (χ3v) is 7.99. The molecule has 45 heavy (non-hydrogen) atoms. The number of hydrogen-bond donors (Lipinski definition) is 5. The van der Waals surface area contributed by atoms with E-state index < -0.39 is 24.0 Å². The molecular formula is C36H50N4O5. The lowest BCUT2D eigenvalue weighted by Crippen LogP contribution is -2.55. The van der Waals surface area contributed by atoms with Crippen molar-refractivity contribution in [2.45, 2.75) is 109 Å². The molecule has 3 atom stereocenters. The highest BCUT2D eigenvalue weighted by Crippen LogP contribution is 2.14. The monoisotopic (exact) mass is 618 g/mol. The van der Waals surface area contributed by atoms with Gasteiger partial charge >= 0.3 is 0 Å². The van der Waals surface area contributed by atoms with Crippen LogP contribution in [0.4, 0.5) is 0 Å². The van der Waals surface area contributed by atoms with Gasteiger partial charge in [-0.25, -0.2) is 0 Å². The Morgan fingerprint density at radius 2 is 1.62 bits per heavy atom. The van der Waals surface area contributed by atoms with Gasteiger partial charge < -0.3 is 26.4 Å². The van der Waals surface area contributed by atoms with Crippen LogP contribution >= 0.6 is 0 Å². The van der Waals surface area contributed by atoms with Gasteiger partial charge in [-0.1, -0.05) is 94.0 Å². The average molecular weight is 619 g/mol. The highest BCUT2D eigenvalue weighted by atomic mass is 16.3. The van der Waals surface area contributed by atoms with Gasteiger partial charge in [-0.2, -0.15) is 0 Å². The summed E-state index contributed by atoms with van der Waals surface area (Å²) in [6.07, 6.45) is 13.4. The minimum Gasteiger partial charge on any atom is -0.508 e. The number of nitrogens with one attached hydrogen (secondary N) is 4. The number of unbranched alkanes of at least 4 members (excludes halogenated alkanes) is 6. The third kappa shape index (κ3) is 14.0. The van der Waals surface area contributed by atoms with Crippen molar-refractivity contribution < 1.29 is 24.3 Å². The zero-order valence-electron chi connectivity index (χ0n) is 26.6. The molecule has 244 valence electrons. The van der Waals surface area contributed by atoms with Crippen LogP contribution in [0, 0.1) is 0 Å². The number of carbonyl (C=O) groups is 4. The number of amides is 4. The van der Waals surface area contributed by atoms with E-state index in [0.29, 0.717) is 45.1 Å². The molecule has 0 aliphatic carbocycles. The van der Waals surface area contributed by atoms with Gasteiger partial charge in [0.2, 0.25) is 23.6 Å².